The highest BCUT2D eigenvalue weighted by molar-refractivity contribution is 5.92. The fourth-order valence-corrected chi connectivity index (χ4v) is 3.05. The van der Waals surface area contributed by atoms with Crippen LogP contribution >= 0.6 is 0 Å². The Morgan fingerprint density at radius 2 is 2.05 bits per heavy atom. The first-order chi connectivity index (χ1) is 10.1. The number of rotatable bonds is 5. The van der Waals surface area contributed by atoms with Crippen molar-refractivity contribution in [3.8, 4) is 0 Å². The molecule has 1 aliphatic rings. The molecule has 0 unspecified atom stereocenters. The van der Waals surface area contributed by atoms with Gasteiger partial charge >= 0.3 is 0 Å². The smallest absolute Gasteiger partial charge is 0.238 e. The van der Waals surface area contributed by atoms with Crippen LogP contribution in [-0.4, -0.2) is 42.2 Å². The summed E-state index contributed by atoms with van der Waals surface area (Å²) in [4.78, 5) is 14.2. The van der Waals surface area contributed by atoms with E-state index < -0.39 is 0 Å². The van der Waals surface area contributed by atoms with Gasteiger partial charge in [-0.3, -0.25) is 9.69 Å². The molecule has 1 aromatic carbocycles. The number of benzene rings is 1. The number of carbonyl (C=O) groups is 1. The number of aliphatic hydroxyl groups excluding tert-OH is 1. The molecular weight excluding hydrogens is 264 g/mol. The monoisotopic (exact) mass is 290 g/mol. The maximum Gasteiger partial charge on any atom is 0.238 e. The van der Waals surface area contributed by atoms with Crippen LogP contribution in [0.15, 0.2) is 24.3 Å². The zero-order chi connectivity index (χ0) is 15.2. The van der Waals surface area contributed by atoms with Crippen LogP contribution in [0.4, 0.5) is 5.69 Å². The normalized spacial score (nSPS) is 22.3. The van der Waals surface area contributed by atoms with E-state index in [2.05, 4.69) is 10.2 Å². The quantitative estimate of drug-likeness (QED) is 0.875. The second-order valence-corrected chi connectivity index (χ2v) is 6.19. The van der Waals surface area contributed by atoms with Gasteiger partial charge in [-0.1, -0.05) is 12.1 Å². The third-order valence-electron chi connectivity index (χ3n) is 4.39. The largest absolute Gasteiger partial charge is 0.396 e. The van der Waals surface area contributed by atoms with Crippen LogP contribution in [-0.2, 0) is 4.79 Å². The molecule has 1 amide bonds. The van der Waals surface area contributed by atoms with Crippen molar-refractivity contribution < 1.29 is 9.90 Å². The highest BCUT2D eigenvalue weighted by Crippen LogP contribution is 2.26. The summed E-state index contributed by atoms with van der Waals surface area (Å²) in [5.74, 6) is 0.489. The van der Waals surface area contributed by atoms with Crippen LogP contribution in [0, 0.1) is 12.8 Å². The molecule has 2 rings (SSSR count). The van der Waals surface area contributed by atoms with Gasteiger partial charge in [0, 0.05) is 18.3 Å². The Bertz CT molecular complexity index is 468. The highest BCUT2D eigenvalue weighted by Gasteiger charge is 2.24. The van der Waals surface area contributed by atoms with Crippen molar-refractivity contribution in [3.05, 3.63) is 29.8 Å². The number of aliphatic hydroxyl groups is 1. The minimum Gasteiger partial charge on any atom is -0.396 e. The lowest BCUT2D eigenvalue weighted by atomic mass is 9.86. The first kappa shape index (κ1) is 16.0. The van der Waals surface area contributed by atoms with E-state index in [1.165, 1.54) is 0 Å². The van der Waals surface area contributed by atoms with Crippen molar-refractivity contribution >= 4 is 11.6 Å². The predicted molar refractivity (Wildman–Crippen MR) is 85.3 cm³/mol. The van der Waals surface area contributed by atoms with Gasteiger partial charge in [-0.25, -0.2) is 0 Å². The average Bonchev–Trinajstić information content (AvgIpc) is 2.47. The van der Waals surface area contributed by atoms with Crippen molar-refractivity contribution in [2.24, 2.45) is 5.92 Å². The van der Waals surface area contributed by atoms with Crippen LogP contribution in [0.1, 0.15) is 31.2 Å². The van der Waals surface area contributed by atoms with E-state index in [1.54, 1.807) is 0 Å². The Kier molecular flexibility index (Phi) is 5.76. The fraction of sp³-hybridized carbons (Fsp3) is 0.588. The van der Waals surface area contributed by atoms with Crippen molar-refractivity contribution in [1.82, 2.24) is 4.90 Å². The van der Waals surface area contributed by atoms with E-state index in [1.807, 2.05) is 38.2 Å². The number of carbonyl (C=O) groups excluding carboxylic acids is 1. The maximum atomic E-state index is 12.1. The summed E-state index contributed by atoms with van der Waals surface area (Å²) in [6.45, 7) is 2.73. The molecule has 0 heterocycles. The molecule has 1 saturated carbocycles. The van der Waals surface area contributed by atoms with Crippen LogP contribution in [0.3, 0.4) is 0 Å². The van der Waals surface area contributed by atoms with Gasteiger partial charge in [-0.05, 0) is 63.3 Å². The second kappa shape index (κ2) is 7.57. The van der Waals surface area contributed by atoms with Crippen LogP contribution in [0.2, 0.25) is 0 Å². The van der Waals surface area contributed by atoms with Gasteiger partial charge in [0.1, 0.15) is 0 Å². The van der Waals surface area contributed by atoms with Crippen molar-refractivity contribution in [2.75, 3.05) is 25.5 Å². The van der Waals surface area contributed by atoms with Crippen molar-refractivity contribution in [1.29, 1.82) is 0 Å². The highest BCUT2D eigenvalue weighted by atomic mass is 16.3. The summed E-state index contributed by atoms with van der Waals surface area (Å²) in [6, 6.07) is 8.31. The molecule has 21 heavy (non-hydrogen) atoms. The number of hydrogen-bond donors (Lipinski definition) is 2. The van der Waals surface area contributed by atoms with Gasteiger partial charge in [-0.15, -0.1) is 0 Å². The molecule has 0 radical (unpaired) electrons. The molecule has 0 aromatic heterocycles. The van der Waals surface area contributed by atoms with Gasteiger partial charge in [0.15, 0.2) is 0 Å². The molecule has 0 aliphatic heterocycles. The first-order valence-corrected chi connectivity index (χ1v) is 7.76. The molecular formula is C17H26N2O2. The molecule has 4 nitrogen and oxygen atoms in total. The number of hydrogen-bond acceptors (Lipinski definition) is 3. The molecule has 0 spiro atoms. The van der Waals surface area contributed by atoms with Gasteiger partial charge in [0.05, 0.1) is 6.54 Å². The number of amides is 1. The van der Waals surface area contributed by atoms with Gasteiger partial charge in [-0.2, -0.15) is 0 Å². The summed E-state index contributed by atoms with van der Waals surface area (Å²) in [5, 5.41) is 12.1. The third-order valence-corrected chi connectivity index (χ3v) is 4.39. The average molecular weight is 290 g/mol. The SMILES string of the molecule is Cc1cccc(NC(=O)CN(C)C2CCC(CO)CC2)c1. The Morgan fingerprint density at radius 1 is 1.33 bits per heavy atom. The molecule has 0 bridgehead atoms. The second-order valence-electron chi connectivity index (χ2n) is 6.19. The van der Waals surface area contributed by atoms with Crippen LogP contribution < -0.4 is 5.32 Å². The third kappa shape index (κ3) is 4.83. The molecule has 1 fully saturated rings. The summed E-state index contributed by atoms with van der Waals surface area (Å²) >= 11 is 0. The van der Waals surface area contributed by atoms with E-state index in [4.69, 9.17) is 0 Å². The fourth-order valence-electron chi connectivity index (χ4n) is 3.05. The van der Waals surface area contributed by atoms with Gasteiger partial charge in [0.25, 0.3) is 0 Å². The van der Waals surface area contributed by atoms with E-state index in [0.717, 1.165) is 36.9 Å². The first-order valence-electron chi connectivity index (χ1n) is 7.76. The molecule has 1 aliphatic carbocycles. The minimum atomic E-state index is 0.0346. The van der Waals surface area contributed by atoms with Crippen LogP contribution in [0.5, 0.6) is 0 Å². The number of anilines is 1. The maximum absolute atomic E-state index is 12.1. The van der Waals surface area contributed by atoms with E-state index in [0.29, 0.717) is 25.1 Å². The molecule has 4 heteroatoms. The zero-order valence-corrected chi connectivity index (χ0v) is 13.0. The molecule has 2 N–H and O–H groups in total. The lowest BCUT2D eigenvalue weighted by Crippen LogP contribution is -2.40. The summed E-state index contributed by atoms with van der Waals surface area (Å²) in [6.07, 6.45) is 4.26. The molecule has 116 valence electrons. The number of nitrogens with zero attached hydrogens (tertiary/aromatic N) is 1. The predicted octanol–water partition coefficient (Wildman–Crippen LogP) is 2.42. The Labute approximate surface area is 127 Å². The summed E-state index contributed by atoms with van der Waals surface area (Å²) in [5.41, 5.74) is 2.00. The van der Waals surface area contributed by atoms with Gasteiger partial charge < -0.3 is 10.4 Å². The van der Waals surface area contributed by atoms with E-state index >= 15 is 0 Å². The zero-order valence-electron chi connectivity index (χ0n) is 13.0. The molecule has 0 atom stereocenters. The Morgan fingerprint density at radius 3 is 2.67 bits per heavy atom. The Balaban J connectivity index is 1.79. The van der Waals surface area contributed by atoms with E-state index in [9.17, 15) is 9.90 Å². The lowest BCUT2D eigenvalue weighted by Gasteiger charge is -2.33. The van der Waals surface area contributed by atoms with Crippen molar-refractivity contribution in [2.45, 2.75) is 38.6 Å². The molecule has 1 aromatic rings. The lowest BCUT2D eigenvalue weighted by molar-refractivity contribution is -0.117. The minimum absolute atomic E-state index is 0.0346. The Hall–Kier alpha value is -1.39. The number of nitrogens with one attached hydrogen (secondary N) is 1. The summed E-state index contributed by atoms with van der Waals surface area (Å²) in [7, 11) is 2.01. The van der Waals surface area contributed by atoms with Crippen LogP contribution in [0.25, 0.3) is 0 Å². The standard InChI is InChI=1S/C17H26N2O2/c1-13-4-3-5-15(10-13)18-17(21)11-19(2)16-8-6-14(12-20)7-9-16/h3-5,10,14,16,20H,6-9,11-12H2,1-2H3,(H,18,21). The number of likely N-dealkylation sites (N-methyl/N-ethyl adjacent to an activating group) is 1. The van der Waals surface area contributed by atoms with Crippen molar-refractivity contribution in [3.63, 3.8) is 0 Å². The van der Waals surface area contributed by atoms with Gasteiger partial charge in [0.2, 0.25) is 5.91 Å². The van der Waals surface area contributed by atoms with E-state index in [-0.39, 0.29) is 5.91 Å². The summed E-state index contributed by atoms with van der Waals surface area (Å²) < 4.78 is 0. The molecule has 0 saturated heterocycles. The topological polar surface area (TPSA) is 52.6 Å². The number of aryl methyl sites for hydroxylation is 1.